The highest BCUT2D eigenvalue weighted by Crippen LogP contribution is 1.95. The van der Waals surface area contributed by atoms with Gasteiger partial charge in [-0.15, -0.1) is 0 Å². The average molecular weight is 245 g/mol. The quantitative estimate of drug-likeness (QED) is 0.473. The van der Waals surface area contributed by atoms with Crippen molar-refractivity contribution in [3.05, 3.63) is 18.2 Å². The summed E-state index contributed by atoms with van der Waals surface area (Å²) in [4.78, 5) is 16.8. The third-order valence-corrected chi connectivity index (χ3v) is 1.31. The second kappa shape index (κ2) is 13.4. The summed E-state index contributed by atoms with van der Waals surface area (Å²) >= 11 is 0. The van der Waals surface area contributed by atoms with Crippen molar-refractivity contribution in [2.24, 2.45) is 5.73 Å². The van der Waals surface area contributed by atoms with Crippen LogP contribution in [-0.4, -0.2) is 54.5 Å². The molecule has 0 aliphatic heterocycles. The zero-order valence-corrected chi connectivity index (χ0v) is 8.32. The van der Waals surface area contributed by atoms with Crippen LogP contribution in [0.5, 0.6) is 0 Å². The molecular weight excluding hydrogens is 226 g/mol. The van der Waals surface area contributed by atoms with Crippen LogP contribution in [0.1, 0.15) is 5.69 Å². The number of nitrogens with zero attached hydrogens (tertiary/aromatic N) is 1. The fourth-order valence-corrected chi connectivity index (χ4v) is 0.721. The maximum Gasteiger partial charge on any atom is 0.320 e. The van der Waals surface area contributed by atoms with E-state index >= 15 is 0 Å². The molecule has 1 heterocycles. The maximum absolute atomic E-state index is 10.3. The lowest BCUT2D eigenvalue weighted by Crippen LogP contribution is -2.32. The normalized spacial score (nSPS) is 8.81. The molecule has 0 fully saturated rings. The van der Waals surface area contributed by atoms with E-state index in [9.17, 15) is 4.79 Å². The lowest BCUT2D eigenvalue weighted by molar-refractivity contribution is -0.138. The maximum atomic E-state index is 10.3. The lowest BCUT2D eigenvalue weighted by atomic mass is 10.2. The van der Waals surface area contributed by atoms with E-state index < -0.39 is 12.0 Å². The van der Waals surface area contributed by atoms with Gasteiger partial charge in [0.25, 0.3) is 0 Å². The molecule has 1 atom stereocenters. The van der Waals surface area contributed by atoms with Crippen LogP contribution in [0.4, 0.5) is 0 Å². The van der Waals surface area contributed by atoms with Gasteiger partial charge in [-0.25, -0.2) is 4.98 Å². The molecule has 0 unspecified atom stereocenters. The Hall–Kier alpha value is -1.56. The fourth-order valence-electron chi connectivity index (χ4n) is 0.721. The van der Waals surface area contributed by atoms with Crippen LogP contribution >= 0.6 is 0 Å². The van der Waals surface area contributed by atoms with Gasteiger partial charge in [-0.05, 0) is 0 Å². The minimum absolute atomic E-state index is 0. The molecule has 14 N–H and O–H groups in total. The molecule has 0 amide bonds. The van der Waals surface area contributed by atoms with Crippen LogP contribution in [-0.2, 0) is 11.2 Å². The Bertz CT molecular complexity index is 240. The summed E-state index contributed by atoms with van der Waals surface area (Å²) in [6.07, 6.45) is 3.34. The summed E-state index contributed by atoms with van der Waals surface area (Å²) in [5, 5.41) is 8.42. The van der Waals surface area contributed by atoms with Crippen molar-refractivity contribution < 1.29 is 37.3 Å². The first-order chi connectivity index (χ1) is 5.20. The first-order valence-electron chi connectivity index (χ1n) is 3.16. The molecule has 1 rings (SSSR count). The second-order valence-electron chi connectivity index (χ2n) is 2.23. The molecule has 10 nitrogen and oxygen atoms in total. The molecule has 0 radical (unpaired) electrons. The van der Waals surface area contributed by atoms with Gasteiger partial charge in [-0.3, -0.25) is 4.79 Å². The zero-order chi connectivity index (χ0) is 8.27. The van der Waals surface area contributed by atoms with Crippen LogP contribution in [0.15, 0.2) is 12.5 Å². The van der Waals surface area contributed by atoms with Gasteiger partial charge in [0.1, 0.15) is 6.04 Å². The van der Waals surface area contributed by atoms with Crippen molar-refractivity contribution in [2.75, 3.05) is 0 Å². The fraction of sp³-hybridized carbons (Fsp3) is 0.333. The molecular formula is C6H19N3O7. The molecule has 16 heavy (non-hydrogen) atoms. The number of nitrogens with one attached hydrogen (secondary N) is 1. The second-order valence-corrected chi connectivity index (χ2v) is 2.23. The Balaban J connectivity index is -0.0000000807. The Morgan fingerprint density at radius 1 is 1.38 bits per heavy atom. The standard InChI is InChI=1S/C6H9N3O2.5H2O/c7-5(6(10)11)1-4-2-8-3-9-4;;;;;/h2-3,5H,1,7H2,(H,8,9)(H,10,11);5*1H2/t5-;;;;;/m1...../s1. The number of hydrogen-bond donors (Lipinski definition) is 3. The van der Waals surface area contributed by atoms with Crippen LogP contribution < -0.4 is 5.73 Å². The van der Waals surface area contributed by atoms with Gasteiger partial charge < -0.3 is 43.2 Å². The predicted molar refractivity (Wildman–Crippen MR) is 56.0 cm³/mol. The number of aliphatic carboxylic acids is 1. The molecule has 100 valence electrons. The van der Waals surface area contributed by atoms with E-state index in [2.05, 4.69) is 9.97 Å². The van der Waals surface area contributed by atoms with E-state index in [1.54, 1.807) is 6.20 Å². The minimum atomic E-state index is -1.00. The van der Waals surface area contributed by atoms with Crippen LogP contribution in [0.25, 0.3) is 0 Å². The van der Waals surface area contributed by atoms with Crippen molar-refractivity contribution in [2.45, 2.75) is 12.5 Å². The Kier molecular flexibility index (Phi) is 24.6. The van der Waals surface area contributed by atoms with Gasteiger partial charge >= 0.3 is 5.97 Å². The summed E-state index contributed by atoms with van der Waals surface area (Å²) in [5.41, 5.74) is 6.00. The van der Waals surface area contributed by atoms with Gasteiger partial charge in [0.15, 0.2) is 0 Å². The summed E-state index contributed by atoms with van der Waals surface area (Å²) < 4.78 is 0. The topological polar surface area (TPSA) is 250 Å². The number of carboxylic acid groups (broad SMARTS) is 1. The van der Waals surface area contributed by atoms with Gasteiger partial charge in [0.2, 0.25) is 0 Å². The Labute approximate surface area is 90.7 Å². The summed E-state index contributed by atoms with van der Waals surface area (Å²) in [6.45, 7) is 0. The van der Waals surface area contributed by atoms with Crippen molar-refractivity contribution in [1.29, 1.82) is 0 Å². The van der Waals surface area contributed by atoms with Crippen LogP contribution in [0.2, 0.25) is 0 Å². The monoisotopic (exact) mass is 245 g/mol. The number of nitrogens with two attached hydrogens (primary N) is 1. The number of carboxylic acids is 1. The number of hydrogen-bond acceptors (Lipinski definition) is 3. The summed E-state index contributed by atoms with van der Waals surface area (Å²) in [5.74, 6) is -1.00. The first kappa shape index (κ1) is 29.3. The molecule has 1 aromatic rings. The van der Waals surface area contributed by atoms with Crippen LogP contribution in [0.3, 0.4) is 0 Å². The van der Waals surface area contributed by atoms with E-state index in [-0.39, 0.29) is 33.8 Å². The van der Waals surface area contributed by atoms with Gasteiger partial charge in [-0.2, -0.15) is 0 Å². The predicted octanol–water partition coefficient (Wildman–Crippen LogP) is -4.76. The minimum Gasteiger partial charge on any atom is -0.480 e. The molecule has 0 saturated heterocycles. The Morgan fingerprint density at radius 3 is 2.19 bits per heavy atom. The molecule has 10 heteroatoms. The SMILES string of the molecule is N[C@H](Cc1cnc[nH]1)C(=O)O.O.O.O.O.O. The molecule has 0 bridgehead atoms. The number of H-pyrrole nitrogens is 1. The number of aromatic amines is 1. The molecule has 0 spiro atoms. The summed E-state index contributed by atoms with van der Waals surface area (Å²) in [7, 11) is 0. The summed E-state index contributed by atoms with van der Waals surface area (Å²) in [6, 6.07) is -0.851. The zero-order valence-electron chi connectivity index (χ0n) is 8.32. The van der Waals surface area contributed by atoms with Gasteiger partial charge in [-0.1, -0.05) is 0 Å². The van der Waals surface area contributed by atoms with Crippen molar-refractivity contribution >= 4 is 5.97 Å². The van der Waals surface area contributed by atoms with E-state index in [0.29, 0.717) is 0 Å². The molecule has 0 aromatic carbocycles. The highest BCUT2D eigenvalue weighted by atomic mass is 16.4. The van der Waals surface area contributed by atoms with Gasteiger partial charge in [0, 0.05) is 18.3 Å². The molecule has 1 aromatic heterocycles. The molecule has 0 aliphatic carbocycles. The van der Waals surface area contributed by atoms with Crippen molar-refractivity contribution in [1.82, 2.24) is 9.97 Å². The smallest absolute Gasteiger partial charge is 0.320 e. The molecule has 0 aliphatic rings. The van der Waals surface area contributed by atoms with Crippen molar-refractivity contribution in [3.63, 3.8) is 0 Å². The lowest BCUT2D eigenvalue weighted by Gasteiger charge is -2.02. The van der Waals surface area contributed by atoms with E-state index in [0.717, 1.165) is 5.69 Å². The first-order valence-corrected chi connectivity index (χ1v) is 3.16. The third-order valence-electron chi connectivity index (χ3n) is 1.31. The highest BCUT2D eigenvalue weighted by molar-refractivity contribution is 5.73. The number of imidazole rings is 1. The highest BCUT2D eigenvalue weighted by Gasteiger charge is 2.11. The number of aromatic nitrogens is 2. The van der Waals surface area contributed by atoms with E-state index in [4.69, 9.17) is 10.8 Å². The Morgan fingerprint density at radius 2 is 1.88 bits per heavy atom. The van der Waals surface area contributed by atoms with Gasteiger partial charge in [0.05, 0.1) is 6.33 Å². The molecule has 0 saturated carbocycles. The van der Waals surface area contributed by atoms with Crippen molar-refractivity contribution in [3.8, 4) is 0 Å². The van der Waals surface area contributed by atoms with E-state index in [1.165, 1.54) is 6.33 Å². The number of carbonyl (C=O) groups is 1. The largest absolute Gasteiger partial charge is 0.480 e. The van der Waals surface area contributed by atoms with E-state index in [1.807, 2.05) is 0 Å². The van der Waals surface area contributed by atoms with Crippen LogP contribution in [0, 0.1) is 0 Å². The average Bonchev–Trinajstić information content (AvgIpc) is 2.39. The number of rotatable bonds is 3. The third kappa shape index (κ3) is 9.01.